The summed E-state index contributed by atoms with van der Waals surface area (Å²) in [6, 6.07) is 2.27. The third kappa shape index (κ3) is 2.90. The Balaban J connectivity index is 2.48. The van der Waals surface area contributed by atoms with Crippen molar-refractivity contribution in [3.05, 3.63) is 28.6 Å². The van der Waals surface area contributed by atoms with Crippen LogP contribution in [0, 0.1) is 0 Å². The van der Waals surface area contributed by atoms with Gasteiger partial charge in [0, 0.05) is 23.2 Å². The molecule has 0 fully saturated rings. The summed E-state index contributed by atoms with van der Waals surface area (Å²) >= 11 is 0. The Morgan fingerprint density at radius 3 is 2.67 bits per heavy atom. The molecule has 0 N–H and O–H groups in total. The maximum atomic E-state index is 5.59. The van der Waals surface area contributed by atoms with Crippen LogP contribution in [-0.4, -0.2) is 30.6 Å². The van der Waals surface area contributed by atoms with Crippen LogP contribution in [0.2, 0.25) is 0 Å². The van der Waals surface area contributed by atoms with Crippen molar-refractivity contribution in [1.82, 2.24) is 9.88 Å². The zero-order valence-electron chi connectivity index (χ0n) is 12.2. The van der Waals surface area contributed by atoms with Crippen molar-refractivity contribution in [2.75, 3.05) is 20.7 Å². The second-order valence-electron chi connectivity index (χ2n) is 6.38. The summed E-state index contributed by atoms with van der Waals surface area (Å²) in [6.45, 7) is 9.11. The van der Waals surface area contributed by atoms with Crippen LogP contribution in [-0.2, 0) is 29.7 Å². The maximum Gasteiger partial charge on any atom is 0.0737 e. The molecule has 0 saturated heterocycles. The summed E-state index contributed by atoms with van der Waals surface area (Å²) in [4.78, 5) is 7.05. The standard InChI is InChI=1S/C15H24N2O/c1-15(2,3)14-8-11-6-7-18-10-12(11)13(16-14)9-17(4)5/h8H,6-7,9-10H2,1-5H3. The van der Waals surface area contributed by atoms with Gasteiger partial charge in [-0.3, -0.25) is 4.98 Å². The second-order valence-corrected chi connectivity index (χ2v) is 6.38. The third-order valence-electron chi connectivity index (χ3n) is 3.30. The minimum atomic E-state index is 0.106. The molecule has 0 atom stereocenters. The fraction of sp³-hybridized carbons (Fsp3) is 0.667. The predicted molar refractivity (Wildman–Crippen MR) is 73.7 cm³/mol. The number of rotatable bonds is 2. The number of fused-ring (bicyclic) bond motifs is 1. The van der Waals surface area contributed by atoms with Crippen molar-refractivity contribution in [3.8, 4) is 0 Å². The Morgan fingerprint density at radius 1 is 1.33 bits per heavy atom. The SMILES string of the molecule is CN(C)Cc1nc(C(C)(C)C)cc2c1COCC2. The average molecular weight is 248 g/mol. The molecule has 2 heterocycles. The lowest BCUT2D eigenvalue weighted by Gasteiger charge is -2.26. The van der Waals surface area contributed by atoms with Gasteiger partial charge in [0.15, 0.2) is 0 Å². The Kier molecular flexibility index (Phi) is 3.74. The number of ether oxygens (including phenoxy) is 1. The number of hydrogen-bond acceptors (Lipinski definition) is 3. The van der Waals surface area contributed by atoms with E-state index in [9.17, 15) is 0 Å². The minimum Gasteiger partial charge on any atom is -0.376 e. The molecule has 2 rings (SSSR count). The Bertz CT molecular complexity index is 433. The van der Waals surface area contributed by atoms with E-state index in [1.807, 2.05) is 0 Å². The van der Waals surface area contributed by atoms with Crippen molar-refractivity contribution in [2.24, 2.45) is 0 Å². The molecule has 0 unspecified atom stereocenters. The zero-order chi connectivity index (χ0) is 13.3. The van der Waals surface area contributed by atoms with Gasteiger partial charge in [-0.1, -0.05) is 20.8 Å². The first-order chi connectivity index (χ1) is 8.38. The van der Waals surface area contributed by atoms with Gasteiger partial charge in [0.25, 0.3) is 0 Å². The Morgan fingerprint density at radius 2 is 2.06 bits per heavy atom. The Labute approximate surface area is 110 Å². The first kappa shape index (κ1) is 13.5. The van der Waals surface area contributed by atoms with Gasteiger partial charge in [0.05, 0.1) is 18.9 Å². The highest BCUT2D eigenvalue weighted by molar-refractivity contribution is 5.35. The molecule has 0 aliphatic carbocycles. The molecule has 0 aromatic carbocycles. The van der Waals surface area contributed by atoms with Crippen LogP contribution in [0.1, 0.15) is 43.3 Å². The number of aromatic nitrogens is 1. The summed E-state index contributed by atoms with van der Waals surface area (Å²) in [6.07, 6.45) is 1.02. The monoisotopic (exact) mass is 248 g/mol. The van der Waals surface area contributed by atoms with Crippen LogP contribution in [0.15, 0.2) is 6.07 Å². The van der Waals surface area contributed by atoms with Gasteiger partial charge in [-0.2, -0.15) is 0 Å². The fourth-order valence-corrected chi connectivity index (χ4v) is 2.25. The largest absolute Gasteiger partial charge is 0.376 e. The molecular weight excluding hydrogens is 224 g/mol. The topological polar surface area (TPSA) is 25.4 Å². The van der Waals surface area contributed by atoms with Crippen LogP contribution in [0.25, 0.3) is 0 Å². The summed E-state index contributed by atoms with van der Waals surface area (Å²) in [5.41, 5.74) is 5.22. The first-order valence-corrected chi connectivity index (χ1v) is 6.62. The summed E-state index contributed by atoms with van der Waals surface area (Å²) in [5, 5.41) is 0. The summed E-state index contributed by atoms with van der Waals surface area (Å²) < 4.78 is 5.59. The van der Waals surface area contributed by atoms with Crippen LogP contribution < -0.4 is 0 Å². The van der Waals surface area contributed by atoms with Crippen LogP contribution in [0.3, 0.4) is 0 Å². The molecule has 1 aromatic heterocycles. The van der Waals surface area contributed by atoms with Crippen molar-refractivity contribution in [3.63, 3.8) is 0 Å². The van der Waals surface area contributed by atoms with Gasteiger partial charge in [-0.25, -0.2) is 0 Å². The molecule has 0 radical (unpaired) electrons. The minimum absolute atomic E-state index is 0.106. The average Bonchev–Trinajstić information content (AvgIpc) is 2.27. The van der Waals surface area contributed by atoms with E-state index >= 15 is 0 Å². The van der Waals surface area contributed by atoms with Crippen molar-refractivity contribution < 1.29 is 4.74 Å². The molecule has 1 aliphatic rings. The summed E-state index contributed by atoms with van der Waals surface area (Å²) in [5.74, 6) is 0. The quantitative estimate of drug-likeness (QED) is 0.804. The van der Waals surface area contributed by atoms with E-state index in [2.05, 4.69) is 45.8 Å². The van der Waals surface area contributed by atoms with Gasteiger partial charge >= 0.3 is 0 Å². The molecular formula is C15H24N2O. The van der Waals surface area contributed by atoms with Crippen molar-refractivity contribution in [2.45, 2.75) is 45.8 Å². The second kappa shape index (κ2) is 4.98. The van der Waals surface area contributed by atoms with E-state index in [-0.39, 0.29) is 5.41 Å². The van der Waals surface area contributed by atoms with E-state index in [0.717, 1.165) is 26.2 Å². The highest BCUT2D eigenvalue weighted by Gasteiger charge is 2.22. The summed E-state index contributed by atoms with van der Waals surface area (Å²) in [7, 11) is 4.17. The van der Waals surface area contributed by atoms with Gasteiger partial charge in [0.2, 0.25) is 0 Å². The van der Waals surface area contributed by atoms with Crippen LogP contribution in [0.5, 0.6) is 0 Å². The van der Waals surface area contributed by atoms with E-state index < -0.39 is 0 Å². The van der Waals surface area contributed by atoms with Gasteiger partial charge in [0.1, 0.15) is 0 Å². The van der Waals surface area contributed by atoms with E-state index in [1.165, 1.54) is 22.5 Å². The number of pyridine rings is 1. The lowest BCUT2D eigenvalue weighted by molar-refractivity contribution is 0.109. The molecule has 3 nitrogen and oxygen atoms in total. The molecule has 0 saturated carbocycles. The number of nitrogens with zero attached hydrogens (tertiary/aromatic N) is 2. The molecule has 1 aromatic rings. The van der Waals surface area contributed by atoms with Crippen molar-refractivity contribution >= 4 is 0 Å². The maximum absolute atomic E-state index is 5.59. The van der Waals surface area contributed by atoms with Crippen LogP contribution in [0.4, 0.5) is 0 Å². The van der Waals surface area contributed by atoms with E-state index in [0.29, 0.717) is 0 Å². The van der Waals surface area contributed by atoms with Gasteiger partial charge in [-0.05, 0) is 32.1 Å². The smallest absolute Gasteiger partial charge is 0.0737 e. The first-order valence-electron chi connectivity index (χ1n) is 6.62. The molecule has 0 amide bonds. The third-order valence-corrected chi connectivity index (χ3v) is 3.30. The highest BCUT2D eigenvalue weighted by Crippen LogP contribution is 2.27. The zero-order valence-corrected chi connectivity index (χ0v) is 12.2. The van der Waals surface area contributed by atoms with Crippen LogP contribution >= 0.6 is 0 Å². The van der Waals surface area contributed by atoms with E-state index in [1.54, 1.807) is 0 Å². The molecule has 100 valence electrons. The van der Waals surface area contributed by atoms with Gasteiger partial charge < -0.3 is 9.64 Å². The lowest BCUT2D eigenvalue weighted by atomic mass is 9.88. The van der Waals surface area contributed by atoms with E-state index in [4.69, 9.17) is 9.72 Å². The van der Waals surface area contributed by atoms with Crippen molar-refractivity contribution in [1.29, 1.82) is 0 Å². The molecule has 0 bridgehead atoms. The lowest BCUT2D eigenvalue weighted by Crippen LogP contribution is -2.23. The normalized spacial score (nSPS) is 15.9. The number of hydrogen-bond donors (Lipinski definition) is 0. The van der Waals surface area contributed by atoms with Gasteiger partial charge in [-0.15, -0.1) is 0 Å². The molecule has 1 aliphatic heterocycles. The highest BCUT2D eigenvalue weighted by atomic mass is 16.5. The predicted octanol–water partition coefficient (Wildman–Crippen LogP) is 2.51. The Hall–Kier alpha value is -0.930. The molecule has 0 spiro atoms. The molecule has 18 heavy (non-hydrogen) atoms. The molecule has 3 heteroatoms. The fourth-order valence-electron chi connectivity index (χ4n) is 2.25.